The molecule has 1 aromatic carbocycles. The van der Waals surface area contributed by atoms with Crippen LogP contribution in [-0.2, 0) is 7.05 Å². The highest BCUT2D eigenvalue weighted by molar-refractivity contribution is 5.62. The first-order valence-corrected chi connectivity index (χ1v) is 7.13. The molecular formula is C14H20N6. The van der Waals surface area contributed by atoms with Gasteiger partial charge in [-0.3, -0.25) is 0 Å². The van der Waals surface area contributed by atoms with Crippen molar-refractivity contribution in [3.05, 3.63) is 24.3 Å². The molecule has 1 fully saturated rings. The molecule has 1 saturated heterocycles. The second-order valence-electron chi connectivity index (χ2n) is 5.23. The second-order valence-corrected chi connectivity index (χ2v) is 5.23. The number of aromatic nitrogens is 4. The van der Waals surface area contributed by atoms with E-state index in [9.17, 15) is 0 Å². The summed E-state index contributed by atoms with van der Waals surface area (Å²) in [6.45, 7) is 2.22. The van der Waals surface area contributed by atoms with Crippen LogP contribution in [0.1, 0.15) is 19.3 Å². The highest BCUT2D eigenvalue weighted by atomic mass is 15.5. The van der Waals surface area contributed by atoms with Gasteiger partial charge in [0.05, 0.1) is 0 Å². The maximum atomic E-state index is 4.05. The Labute approximate surface area is 118 Å². The van der Waals surface area contributed by atoms with Crippen LogP contribution in [0.2, 0.25) is 0 Å². The van der Waals surface area contributed by atoms with Gasteiger partial charge in [-0.1, -0.05) is 12.1 Å². The van der Waals surface area contributed by atoms with Crippen LogP contribution in [0.5, 0.6) is 0 Å². The van der Waals surface area contributed by atoms with Gasteiger partial charge in [0.15, 0.2) is 5.82 Å². The minimum Gasteiger partial charge on any atom is -0.382 e. The first-order chi connectivity index (χ1) is 9.83. The van der Waals surface area contributed by atoms with Crippen molar-refractivity contribution >= 4 is 5.69 Å². The van der Waals surface area contributed by atoms with Crippen molar-refractivity contribution in [1.29, 1.82) is 0 Å². The van der Waals surface area contributed by atoms with Gasteiger partial charge in [-0.15, -0.1) is 5.10 Å². The van der Waals surface area contributed by atoms with E-state index in [1.165, 1.54) is 12.8 Å². The summed E-state index contributed by atoms with van der Waals surface area (Å²) in [6, 6.07) is 8.83. The number of nitrogens with one attached hydrogen (secondary N) is 2. The first-order valence-electron chi connectivity index (χ1n) is 7.13. The van der Waals surface area contributed by atoms with Crippen LogP contribution in [0.3, 0.4) is 0 Å². The van der Waals surface area contributed by atoms with Crippen molar-refractivity contribution in [3.63, 3.8) is 0 Å². The summed E-state index contributed by atoms with van der Waals surface area (Å²) in [5.74, 6) is 0.788. The Kier molecular flexibility index (Phi) is 3.92. The molecule has 0 amide bonds. The van der Waals surface area contributed by atoms with E-state index < -0.39 is 0 Å². The van der Waals surface area contributed by atoms with Crippen LogP contribution >= 0.6 is 0 Å². The number of hydrogen-bond acceptors (Lipinski definition) is 5. The fourth-order valence-corrected chi connectivity index (χ4v) is 2.62. The van der Waals surface area contributed by atoms with Gasteiger partial charge < -0.3 is 10.6 Å². The smallest absolute Gasteiger partial charge is 0.181 e. The molecule has 1 aliphatic heterocycles. The number of rotatable bonds is 3. The van der Waals surface area contributed by atoms with E-state index in [1.807, 2.05) is 19.2 Å². The van der Waals surface area contributed by atoms with E-state index >= 15 is 0 Å². The number of anilines is 1. The van der Waals surface area contributed by atoms with Gasteiger partial charge in [-0.25, -0.2) is 4.68 Å². The van der Waals surface area contributed by atoms with E-state index in [0.29, 0.717) is 6.04 Å². The summed E-state index contributed by atoms with van der Waals surface area (Å²) in [4.78, 5) is 0. The SMILES string of the molecule is Cn1nnnc1-c1cccc(NC2CCCNCC2)c1. The quantitative estimate of drug-likeness (QED) is 0.884. The lowest BCUT2D eigenvalue weighted by Crippen LogP contribution is -2.21. The van der Waals surface area contributed by atoms with Crippen molar-refractivity contribution < 1.29 is 0 Å². The minimum absolute atomic E-state index is 0.540. The normalized spacial score (nSPS) is 19.6. The standard InChI is InChI=1S/C14H20N6/c1-20-14(17-18-19-20)11-4-2-5-13(10-11)16-12-6-3-8-15-9-7-12/h2,4-5,10,12,15-16H,3,6-9H2,1H3. The number of tetrazole rings is 1. The van der Waals surface area contributed by atoms with Crippen molar-refractivity contribution in [2.24, 2.45) is 7.05 Å². The van der Waals surface area contributed by atoms with Crippen LogP contribution in [0.4, 0.5) is 5.69 Å². The molecule has 1 atom stereocenters. The Morgan fingerprint density at radius 2 is 2.25 bits per heavy atom. The van der Waals surface area contributed by atoms with Crippen molar-refractivity contribution in [3.8, 4) is 11.4 Å². The van der Waals surface area contributed by atoms with Crippen LogP contribution in [0, 0.1) is 0 Å². The molecule has 6 heteroatoms. The number of benzene rings is 1. The molecule has 1 unspecified atom stereocenters. The summed E-state index contributed by atoms with van der Waals surface area (Å²) in [7, 11) is 1.85. The zero-order valence-electron chi connectivity index (χ0n) is 11.7. The largest absolute Gasteiger partial charge is 0.382 e. The Bertz CT molecular complexity index is 556. The fraction of sp³-hybridized carbons (Fsp3) is 0.500. The average Bonchev–Trinajstić information content (AvgIpc) is 2.72. The zero-order valence-corrected chi connectivity index (χ0v) is 11.7. The molecule has 0 bridgehead atoms. The van der Waals surface area contributed by atoms with Gasteiger partial charge in [0, 0.05) is 24.3 Å². The van der Waals surface area contributed by atoms with E-state index in [0.717, 1.165) is 36.6 Å². The maximum absolute atomic E-state index is 4.05. The second kappa shape index (κ2) is 6.00. The lowest BCUT2D eigenvalue weighted by atomic mass is 10.1. The maximum Gasteiger partial charge on any atom is 0.181 e. The van der Waals surface area contributed by atoms with Crippen LogP contribution in [0.15, 0.2) is 24.3 Å². The van der Waals surface area contributed by atoms with Crippen LogP contribution < -0.4 is 10.6 Å². The summed E-state index contributed by atoms with van der Waals surface area (Å²) in [5.41, 5.74) is 2.17. The Morgan fingerprint density at radius 3 is 3.10 bits per heavy atom. The Morgan fingerprint density at radius 1 is 1.30 bits per heavy atom. The molecular weight excluding hydrogens is 252 g/mol. The fourth-order valence-electron chi connectivity index (χ4n) is 2.62. The molecule has 0 radical (unpaired) electrons. The number of aryl methyl sites for hydroxylation is 1. The monoisotopic (exact) mass is 272 g/mol. The number of nitrogens with zero attached hydrogens (tertiary/aromatic N) is 4. The summed E-state index contributed by atoms with van der Waals surface area (Å²) in [5, 5.41) is 18.7. The van der Waals surface area contributed by atoms with Crippen molar-refractivity contribution in [1.82, 2.24) is 25.5 Å². The van der Waals surface area contributed by atoms with Crippen LogP contribution in [-0.4, -0.2) is 39.3 Å². The van der Waals surface area contributed by atoms with Gasteiger partial charge in [-0.2, -0.15) is 0 Å². The summed E-state index contributed by atoms with van der Waals surface area (Å²) < 4.78 is 1.69. The minimum atomic E-state index is 0.540. The predicted octanol–water partition coefficient (Wildman–Crippen LogP) is 1.43. The molecule has 0 saturated carbocycles. The summed E-state index contributed by atoms with van der Waals surface area (Å²) >= 11 is 0. The molecule has 1 aromatic heterocycles. The third-order valence-corrected chi connectivity index (χ3v) is 3.69. The van der Waals surface area contributed by atoms with Gasteiger partial charge in [0.2, 0.25) is 0 Å². The van der Waals surface area contributed by atoms with Gasteiger partial charge in [0.25, 0.3) is 0 Å². The molecule has 3 rings (SSSR count). The molecule has 6 nitrogen and oxygen atoms in total. The zero-order chi connectivity index (χ0) is 13.8. The molecule has 2 aromatic rings. The third kappa shape index (κ3) is 2.96. The topological polar surface area (TPSA) is 67.7 Å². The Balaban J connectivity index is 1.76. The molecule has 20 heavy (non-hydrogen) atoms. The molecule has 2 heterocycles. The Hall–Kier alpha value is -1.95. The van der Waals surface area contributed by atoms with Gasteiger partial charge in [-0.05, 0) is 54.9 Å². The first kappa shape index (κ1) is 13.1. The van der Waals surface area contributed by atoms with E-state index in [-0.39, 0.29) is 0 Å². The summed E-state index contributed by atoms with van der Waals surface area (Å²) in [6.07, 6.45) is 3.60. The molecule has 106 valence electrons. The molecule has 0 spiro atoms. The highest BCUT2D eigenvalue weighted by Gasteiger charge is 2.12. The van der Waals surface area contributed by atoms with Gasteiger partial charge >= 0.3 is 0 Å². The predicted molar refractivity (Wildman–Crippen MR) is 78.4 cm³/mol. The third-order valence-electron chi connectivity index (χ3n) is 3.69. The van der Waals surface area contributed by atoms with E-state index in [4.69, 9.17) is 0 Å². The van der Waals surface area contributed by atoms with E-state index in [2.05, 4.69) is 38.3 Å². The van der Waals surface area contributed by atoms with Gasteiger partial charge in [0.1, 0.15) is 0 Å². The lowest BCUT2D eigenvalue weighted by Gasteiger charge is -2.17. The molecule has 1 aliphatic rings. The highest BCUT2D eigenvalue weighted by Crippen LogP contribution is 2.21. The van der Waals surface area contributed by atoms with Crippen molar-refractivity contribution in [2.45, 2.75) is 25.3 Å². The molecule has 2 N–H and O–H groups in total. The van der Waals surface area contributed by atoms with Crippen LogP contribution in [0.25, 0.3) is 11.4 Å². The van der Waals surface area contributed by atoms with Crippen molar-refractivity contribution in [2.75, 3.05) is 18.4 Å². The average molecular weight is 272 g/mol. The molecule has 0 aliphatic carbocycles. The van der Waals surface area contributed by atoms with E-state index in [1.54, 1.807) is 4.68 Å². The number of hydrogen-bond donors (Lipinski definition) is 2. The lowest BCUT2D eigenvalue weighted by molar-refractivity contribution is 0.637.